The molecule has 0 atom stereocenters. The van der Waals surface area contributed by atoms with Crippen LogP contribution in [0.1, 0.15) is 6.42 Å². The molecule has 1 saturated heterocycles. The van der Waals surface area contributed by atoms with Crippen molar-refractivity contribution in [3.8, 4) is 0 Å². The average Bonchev–Trinajstić information content (AvgIpc) is 2.89. The zero-order valence-corrected chi connectivity index (χ0v) is 11.5. The molecule has 2 aromatic carbocycles. The molecule has 3 rings (SSSR count). The van der Waals surface area contributed by atoms with Crippen LogP contribution in [0, 0.1) is 10.1 Å². The van der Waals surface area contributed by atoms with Gasteiger partial charge in [-0.2, -0.15) is 0 Å². The minimum absolute atomic E-state index is 0.0198. The van der Waals surface area contributed by atoms with E-state index in [1.54, 1.807) is 0 Å². The molecule has 1 fully saturated rings. The second-order valence-corrected chi connectivity index (χ2v) is 4.69. The van der Waals surface area contributed by atoms with Crippen LogP contribution >= 0.6 is 0 Å². The van der Waals surface area contributed by atoms with Crippen molar-refractivity contribution < 1.29 is 9.72 Å². The molecule has 22 heavy (non-hydrogen) atoms. The number of nitro groups is 1. The molecule has 0 aromatic heterocycles. The zero-order valence-electron chi connectivity index (χ0n) is 11.5. The Labute approximate surface area is 126 Å². The summed E-state index contributed by atoms with van der Waals surface area (Å²) >= 11 is 0. The van der Waals surface area contributed by atoms with E-state index >= 15 is 0 Å². The van der Waals surface area contributed by atoms with Gasteiger partial charge in [-0.1, -0.05) is 18.2 Å². The van der Waals surface area contributed by atoms with Crippen molar-refractivity contribution in [2.24, 2.45) is 4.99 Å². The van der Waals surface area contributed by atoms with E-state index in [9.17, 15) is 14.9 Å². The molecule has 0 spiro atoms. The molecule has 7 heteroatoms. The minimum atomic E-state index is -0.481. The van der Waals surface area contributed by atoms with Gasteiger partial charge in [-0.05, 0) is 24.3 Å². The number of para-hydroxylation sites is 1. The zero-order chi connectivity index (χ0) is 15.5. The van der Waals surface area contributed by atoms with Gasteiger partial charge in [-0.25, -0.2) is 10.0 Å². The lowest BCUT2D eigenvalue weighted by molar-refractivity contribution is -0.384. The molecular formula is C15H12N4O3. The fourth-order valence-corrected chi connectivity index (χ4v) is 2.11. The molecule has 0 bridgehead atoms. The number of carbonyl (C=O) groups excluding carboxylic acids is 1. The summed E-state index contributed by atoms with van der Waals surface area (Å²) in [4.78, 5) is 26.6. The lowest BCUT2D eigenvalue weighted by atomic mass is 10.2. The molecule has 110 valence electrons. The SMILES string of the molecule is O=C1CC(=Nc2ccccc2)NN1c1ccc([N+](=O)[O-])cc1. The molecule has 7 nitrogen and oxygen atoms in total. The topological polar surface area (TPSA) is 87.8 Å². The van der Waals surface area contributed by atoms with E-state index in [4.69, 9.17) is 0 Å². The Bertz CT molecular complexity index is 741. The van der Waals surface area contributed by atoms with Crippen molar-refractivity contribution >= 4 is 28.8 Å². The third kappa shape index (κ3) is 2.78. The number of amides is 1. The molecule has 2 aromatic rings. The first-order valence-electron chi connectivity index (χ1n) is 6.60. The molecule has 0 aliphatic carbocycles. The molecular weight excluding hydrogens is 284 g/mol. The van der Waals surface area contributed by atoms with Gasteiger partial charge in [0, 0.05) is 12.1 Å². The third-order valence-electron chi connectivity index (χ3n) is 3.15. The van der Waals surface area contributed by atoms with Crippen LogP contribution in [-0.2, 0) is 4.79 Å². The maximum Gasteiger partial charge on any atom is 0.269 e. The number of hydrogen-bond donors (Lipinski definition) is 1. The summed E-state index contributed by atoms with van der Waals surface area (Å²) in [6.45, 7) is 0. The van der Waals surface area contributed by atoms with Gasteiger partial charge in [0.25, 0.3) is 11.6 Å². The predicted octanol–water partition coefficient (Wildman–Crippen LogP) is 2.57. The lowest BCUT2D eigenvalue weighted by Crippen LogP contribution is -2.35. The molecule has 0 radical (unpaired) electrons. The van der Waals surface area contributed by atoms with Crippen LogP contribution < -0.4 is 10.4 Å². The van der Waals surface area contributed by atoms with Crippen molar-refractivity contribution in [1.82, 2.24) is 5.43 Å². The third-order valence-corrected chi connectivity index (χ3v) is 3.15. The van der Waals surface area contributed by atoms with E-state index in [1.807, 2.05) is 30.3 Å². The highest BCUT2D eigenvalue weighted by molar-refractivity contribution is 6.14. The number of amidine groups is 1. The first-order valence-corrected chi connectivity index (χ1v) is 6.60. The van der Waals surface area contributed by atoms with Crippen molar-refractivity contribution in [1.29, 1.82) is 0 Å². The summed E-state index contributed by atoms with van der Waals surface area (Å²) in [5, 5.41) is 12.0. The molecule has 0 unspecified atom stereocenters. The number of rotatable bonds is 3. The maximum atomic E-state index is 12.0. The first-order chi connectivity index (χ1) is 10.6. The number of hydrogen-bond acceptors (Lipinski definition) is 4. The molecule has 1 aliphatic rings. The molecule has 0 saturated carbocycles. The minimum Gasteiger partial charge on any atom is -0.278 e. The monoisotopic (exact) mass is 296 g/mol. The number of aliphatic imine (C=N–C) groups is 1. The van der Waals surface area contributed by atoms with Crippen LogP contribution in [0.25, 0.3) is 0 Å². The Morgan fingerprint density at radius 2 is 1.77 bits per heavy atom. The van der Waals surface area contributed by atoms with Crippen LogP contribution in [0.5, 0.6) is 0 Å². The second kappa shape index (κ2) is 5.65. The van der Waals surface area contributed by atoms with Gasteiger partial charge in [0.05, 0.1) is 22.7 Å². The van der Waals surface area contributed by atoms with Crippen molar-refractivity contribution in [2.45, 2.75) is 6.42 Å². The van der Waals surface area contributed by atoms with Crippen LogP contribution in [0.2, 0.25) is 0 Å². The highest BCUT2D eigenvalue weighted by Crippen LogP contribution is 2.22. The molecule has 1 N–H and O–H groups in total. The number of carbonyl (C=O) groups is 1. The fraction of sp³-hybridized carbons (Fsp3) is 0.0667. The largest absolute Gasteiger partial charge is 0.278 e. The fourth-order valence-electron chi connectivity index (χ4n) is 2.11. The molecule has 1 aliphatic heterocycles. The molecule has 1 amide bonds. The number of nitrogens with zero attached hydrogens (tertiary/aromatic N) is 3. The second-order valence-electron chi connectivity index (χ2n) is 4.69. The van der Waals surface area contributed by atoms with Gasteiger partial charge in [0.1, 0.15) is 5.84 Å². The average molecular weight is 296 g/mol. The van der Waals surface area contributed by atoms with Crippen molar-refractivity contribution in [2.75, 3.05) is 5.01 Å². The number of non-ortho nitro benzene ring substituents is 1. The van der Waals surface area contributed by atoms with Gasteiger partial charge in [0.2, 0.25) is 0 Å². The highest BCUT2D eigenvalue weighted by Gasteiger charge is 2.27. The number of hydrazine groups is 1. The predicted molar refractivity (Wildman–Crippen MR) is 81.9 cm³/mol. The number of nitro benzene ring substituents is 1. The Morgan fingerprint density at radius 1 is 1.09 bits per heavy atom. The van der Waals surface area contributed by atoms with E-state index in [2.05, 4.69) is 10.4 Å². The van der Waals surface area contributed by atoms with Gasteiger partial charge in [-0.3, -0.25) is 20.3 Å². The Hall–Kier alpha value is -3.22. The lowest BCUT2D eigenvalue weighted by Gasteiger charge is -2.15. The van der Waals surface area contributed by atoms with E-state index in [0.717, 1.165) is 5.69 Å². The maximum absolute atomic E-state index is 12.0. The van der Waals surface area contributed by atoms with Gasteiger partial charge in [-0.15, -0.1) is 0 Å². The van der Waals surface area contributed by atoms with Crippen molar-refractivity contribution in [3.63, 3.8) is 0 Å². The standard InChI is InChI=1S/C15H12N4O3/c20-15-10-14(16-11-4-2-1-3-5-11)17-18(15)12-6-8-13(9-7-12)19(21)22/h1-9H,10H2,(H,16,17). The number of benzene rings is 2. The normalized spacial score (nSPS) is 15.9. The summed E-state index contributed by atoms with van der Waals surface area (Å²) in [7, 11) is 0. The Kier molecular flexibility index (Phi) is 3.53. The summed E-state index contributed by atoms with van der Waals surface area (Å²) in [6, 6.07) is 15.1. The smallest absolute Gasteiger partial charge is 0.269 e. The summed E-state index contributed by atoms with van der Waals surface area (Å²) in [6.07, 6.45) is 0.159. The van der Waals surface area contributed by atoms with Gasteiger partial charge < -0.3 is 0 Å². The quantitative estimate of drug-likeness (QED) is 0.696. The molecule has 1 heterocycles. The van der Waals surface area contributed by atoms with Crippen LogP contribution in [0.4, 0.5) is 17.1 Å². The van der Waals surface area contributed by atoms with Crippen LogP contribution in [-0.4, -0.2) is 16.7 Å². The van der Waals surface area contributed by atoms with E-state index in [-0.39, 0.29) is 18.0 Å². The van der Waals surface area contributed by atoms with E-state index in [1.165, 1.54) is 29.3 Å². The highest BCUT2D eigenvalue weighted by atomic mass is 16.6. The van der Waals surface area contributed by atoms with Crippen LogP contribution in [0.15, 0.2) is 59.6 Å². The summed E-state index contributed by atoms with van der Waals surface area (Å²) in [5.74, 6) is 0.373. The number of anilines is 1. The van der Waals surface area contributed by atoms with Gasteiger partial charge >= 0.3 is 0 Å². The Morgan fingerprint density at radius 3 is 2.41 bits per heavy atom. The van der Waals surface area contributed by atoms with Crippen LogP contribution in [0.3, 0.4) is 0 Å². The first kappa shape index (κ1) is 13.7. The van der Waals surface area contributed by atoms with E-state index in [0.29, 0.717) is 11.5 Å². The van der Waals surface area contributed by atoms with E-state index < -0.39 is 4.92 Å². The van der Waals surface area contributed by atoms with Crippen molar-refractivity contribution in [3.05, 3.63) is 64.7 Å². The summed E-state index contributed by atoms with van der Waals surface area (Å²) < 4.78 is 0. The van der Waals surface area contributed by atoms with Gasteiger partial charge in [0.15, 0.2) is 0 Å². The Balaban J connectivity index is 1.80. The summed E-state index contributed by atoms with van der Waals surface area (Å²) in [5.41, 5.74) is 4.19. The number of nitrogens with one attached hydrogen (secondary N) is 1.